The van der Waals surface area contributed by atoms with Gasteiger partial charge in [-0.1, -0.05) is 32.3 Å². The van der Waals surface area contributed by atoms with E-state index in [-0.39, 0.29) is 17.0 Å². The molecule has 4 atom stereocenters. The molecule has 2 aliphatic rings. The number of halogens is 5. The number of benzene rings is 2. The average molecular weight is 453 g/mol. The highest BCUT2D eigenvalue weighted by atomic mass is 19.3. The Bertz CT molecular complexity index is 921. The lowest BCUT2D eigenvalue weighted by Gasteiger charge is -2.42. The Morgan fingerprint density at radius 3 is 2.22 bits per heavy atom. The van der Waals surface area contributed by atoms with Crippen LogP contribution >= 0.6 is 0 Å². The fourth-order valence-electron chi connectivity index (χ4n) is 5.91. The Morgan fingerprint density at radius 1 is 0.875 bits per heavy atom. The average Bonchev–Trinajstić information content (AvgIpc) is 2.74. The lowest BCUT2D eigenvalue weighted by molar-refractivity contribution is -0.0521. The van der Waals surface area contributed by atoms with Crippen LogP contribution in [0.15, 0.2) is 30.3 Å². The predicted octanol–water partition coefficient (Wildman–Crippen LogP) is 8.47. The van der Waals surface area contributed by atoms with E-state index in [2.05, 4.69) is 11.7 Å². The maximum Gasteiger partial charge on any atom is 0.387 e. The van der Waals surface area contributed by atoms with Gasteiger partial charge in [0.1, 0.15) is 11.6 Å². The molecule has 4 rings (SSSR count). The second kappa shape index (κ2) is 9.80. The number of hydrogen-bond donors (Lipinski definition) is 0. The topological polar surface area (TPSA) is 9.23 Å². The molecule has 0 heterocycles. The van der Waals surface area contributed by atoms with Crippen LogP contribution in [0.5, 0.6) is 5.75 Å². The first-order chi connectivity index (χ1) is 15.4. The van der Waals surface area contributed by atoms with Gasteiger partial charge in [-0.2, -0.15) is 8.78 Å². The van der Waals surface area contributed by atoms with E-state index in [1.807, 2.05) is 0 Å². The zero-order valence-electron chi connectivity index (χ0n) is 18.2. The normalized spacial score (nSPS) is 25.6. The van der Waals surface area contributed by atoms with Crippen molar-refractivity contribution < 1.29 is 26.7 Å². The van der Waals surface area contributed by atoms with Crippen molar-refractivity contribution in [2.45, 2.75) is 70.8 Å². The summed E-state index contributed by atoms with van der Waals surface area (Å²) < 4.78 is 72.7. The summed E-state index contributed by atoms with van der Waals surface area (Å²) in [6, 6.07) is 5.67. The molecule has 174 valence electrons. The van der Waals surface area contributed by atoms with Crippen LogP contribution in [0.2, 0.25) is 0 Å². The maximum absolute atomic E-state index is 14.9. The number of hydrogen-bond acceptors (Lipinski definition) is 1. The summed E-state index contributed by atoms with van der Waals surface area (Å²) in [7, 11) is 0. The highest BCUT2D eigenvalue weighted by molar-refractivity contribution is 5.66. The lowest BCUT2D eigenvalue weighted by atomic mass is 9.63. The van der Waals surface area contributed by atoms with Gasteiger partial charge in [-0.05, 0) is 91.2 Å². The third kappa shape index (κ3) is 4.94. The van der Waals surface area contributed by atoms with Crippen molar-refractivity contribution in [2.24, 2.45) is 17.8 Å². The summed E-state index contributed by atoms with van der Waals surface area (Å²) in [5.74, 6) is -1.01. The highest BCUT2D eigenvalue weighted by Gasteiger charge is 2.36. The summed E-state index contributed by atoms with van der Waals surface area (Å²) in [4.78, 5) is 0. The highest BCUT2D eigenvalue weighted by Crippen LogP contribution is 2.48. The molecule has 0 radical (unpaired) electrons. The van der Waals surface area contributed by atoms with Crippen LogP contribution in [0.1, 0.15) is 69.8 Å². The quantitative estimate of drug-likeness (QED) is 0.399. The van der Waals surface area contributed by atoms with Crippen molar-refractivity contribution in [2.75, 3.05) is 0 Å². The van der Waals surface area contributed by atoms with E-state index >= 15 is 0 Å². The van der Waals surface area contributed by atoms with Gasteiger partial charge in [0.15, 0.2) is 11.6 Å². The minimum Gasteiger partial charge on any atom is -0.432 e. The van der Waals surface area contributed by atoms with E-state index in [0.29, 0.717) is 11.5 Å². The largest absolute Gasteiger partial charge is 0.432 e. The zero-order chi connectivity index (χ0) is 22.8. The molecular weight excluding hydrogens is 423 g/mol. The van der Waals surface area contributed by atoms with E-state index in [4.69, 9.17) is 0 Å². The van der Waals surface area contributed by atoms with Gasteiger partial charge in [0.2, 0.25) is 0 Å². The molecule has 0 N–H and O–H groups in total. The van der Waals surface area contributed by atoms with E-state index in [0.717, 1.165) is 43.2 Å². The van der Waals surface area contributed by atoms with Gasteiger partial charge in [-0.3, -0.25) is 0 Å². The van der Waals surface area contributed by atoms with E-state index in [1.54, 1.807) is 0 Å². The van der Waals surface area contributed by atoms with E-state index in [1.165, 1.54) is 50.3 Å². The third-order valence-electron chi connectivity index (χ3n) is 7.39. The standard InChI is InChI=1S/C26H29F5O/c1-2-3-15-4-5-17-11-18(7-6-16(17)10-15)20-13-22(28)25(23(29)14-20)19-8-9-24(21(27)12-19)32-26(30)31/h8-9,12-18,26H,2-7,10-11H2,1H3. The molecule has 4 unspecified atom stereocenters. The molecule has 0 aliphatic heterocycles. The number of rotatable bonds is 6. The van der Waals surface area contributed by atoms with Crippen molar-refractivity contribution in [1.82, 2.24) is 0 Å². The molecule has 2 saturated carbocycles. The molecule has 0 aromatic heterocycles. The molecule has 0 bridgehead atoms. The summed E-state index contributed by atoms with van der Waals surface area (Å²) in [6.45, 7) is -0.949. The van der Waals surface area contributed by atoms with Crippen LogP contribution in [-0.4, -0.2) is 6.61 Å². The van der Waals surface area contributed by atoms with Gasteiger partial charge >= 0.3 is 6.61 Å². The van der Waals surface area contributed by atoms with Gasteiger partial charge in [0.05, 0.1) is 5.56 Å². The molecule has 0 spiro atoms. The van der Waals surface area contributed by atoms with Crippen LogP contribution in [0.4, 0.5) is 22.0 Å². The molecule has 6 heteroatoms. The van der Waals surface area contributed by atoms with Crippen LogP contribution < -0.4 is 4.74 Å². The summed E-state index contributed by atoms with van der Waals surface area (Å²) >= 11 is 0. The van der Waals surface area contributed by atoms with Gasteiger partial charge < -0.3 is 4.74 Å². The fourth-order valence-corrected chi connectivity index (χ4v) is 5.91. The first kappa shape index (κ1) is 23.1. The van der Waals surface area contributed by atoms with Crippen LogP contribution in [0, 0.1) is 35.2 Å². The maximum atomic E-state index is 14.9. The molecule has 0 saturated heterocycles. The zero-order valence-corrected chi connectivity index (χ0v) is 18.2. The molecule has 0 amide bonds. The van der Waals surface area contributed by atoms with E-state index in [9.17, 15) is 22.0 Å². The number of fused-ring (bicyclic) bond motifs is 1. The van der Waals surface area contributed by atoms with Gasteiger partial charge in [0.25, 0.3) is 0 Å². The Kier molecular flexibility index (Phi) is 7.06. The van der Waals surface area contributed by atoms with Crippen molar-refractivity contribution >= 4 is 0 Å². The predicted molar refractivity (Wildman–Crippen MR) is 114 cm³/mol. The molecule has 2 aromatic rings. The van der Waals surface area contributed by atoms with Crippen molar-refractivity contribution in [3.8, 4) is 16.9 Å². The molecule has 32 heavy (non-hydrogen) atoms. The molecule has 1 nitrogen and oxygen atoms in total. The summed E-state index contributed by atoms with van der Waals surface area (Å²) in [5, 5.41) is 0. The Balaban J connectivity index is 1.51. The smallest absolute Gasteiger partial charge is 0.387 e. The first-order valence-corrected chi connectivity index (χ1v) is 11.6. The van der Waals surface area contributed by atoms with Crippen LogP contribution in [0.3, 0.4) is 0 Å². The van der Waals surface area contributed by atoms with Gasteiger partial charge in [-0.25, -0.2) is 13.2 Å². The fraction of sp³-hybridized carbons (Fsp3) is 0.538. The van der Waals surface area contributed by atoms with Crippen molar-refractivity contribution in [3.05, 3.63) is 53.3 Å². The molecule has 2 fully saturated rings. The monoisotopic (exact) mass is 452 g/mol. The van der Waals surface area contributed by atoms with Crippen molar-refractivity contribution in [3.63, 3.8) is 0 Å². The lowest BCUT2D eigenvalue weighted by Crippen LogP contribution is -2.30. The first-order valence-electron chi connectivity index (χ1n) is 11.6. The summed E-state index contributed by atoms with van der Waals surface area (Å²) in [5.41, 5.74) is 0.240. The summed E-state index contributed by atoms with van der Waals surface area (Å²) in [6.07, 6.45) is 9.22. The van der Waals surface area contributed by atoms with Crippen LogP contribution in [-0.2, 0) is 0 Å². The Hall–Kier alpha value is -2.11. The molecular formula is C26H29F5O. The number of ether oxygens (including phenoxy) is 1. The Labute approximate surface area is 186 Å². The third-order valence-corrected chi connectivity index (χ3v) is 7.39. The second-order valence-electron chi connectivity index (χ2n) is 9.38. The molecule has 2 aliphatic carbocycles. The minimum absolute atomic E-state index is 0.0522. The SMILES string of the molecule is CCCC1CCC2CC(c3cc(F)c(-c4ccc(OC(F)F)c(F)c4)c(F)c3)CCC2C1. The van der Waals surface area contributed by atoms with Gasteiger partial charge in [-0.15, -0.1) is 0 Å². The van der Waals surface area contributed by atoms with Crippen LogP contribution in [0.25, 0.3) is 11.1 Å². The Morgan fingerprint density at radius 2 is 1.56 bits per heavy atom. The van der Waals surface area contributed by atoms with Gasteiger partial charge in [0, 0.05) is 0 Å². The molecule has 2 aromatic carbocycles. The second-order valence-corrected chi connectivity index (χ2v) is 9.38. The minimum atomic E-state index is -3.18. The van der Waals surface area contributed by atoms with E-state index < -0.39 is 29.8 Å². The van der Waals surface area contributed by atoms with Crippen molar-refractivity contribution in [1.29, 1.82) is 0 Å². The number of alkyl halides is 2.